The van der Waals surface area contributed by atoms with Gasteiger partial charge >= 0.3 is 0 Å². The molecule has 1 amide bonds. The molecule has 0 aromatic carbocycles. The Balaban J connectivity index is 1.63. The van der Waals surface area contributed by atoms with Crippen molar-refractivity contribution < 1.29 is 14.3 Å². The van der Waals surface area contributed by atoms with Crippen molar-refractivity contribution in [3.63, 3.8) is 0 Å². The molecule has 19 heavy (non-hydrogen) atoms. The Kier molecular flexibility index (Phi) is 3.56. The van der Waals surface area contributed by atoms with Gasteiger partial charge in [0.15, 0.2) is 0 Å². The quantitative estimate of drug-likeness (QED) is 0.836. The number of carbonyl (C=O) groups excluding carboxylic acids is 1. The number of aromatic nitrogens is 1. The first-order chi connectivity index (χ1) is 9.15. The van der Waals surface area contributed by atoms with E-state index in [4.69, 9.17) is 9.47 Å². The van der Waals surface area contributed by atoms with Crippen LogP contribution in [-0.4, -0.2) is 47.7 Å². The normalized spacial score (nSPS) is 29.8. The van der Waals surface area contributed by atoms with Crippen LogP contribution in [0.25, 0.3) is 0 Å². The van der Waals surface area contributed by atoms with Gasteiger partial charge in [0.1, 0.15) is 0 Å². The van der Waals surface area contributed by atoms with Crippen LogP contribution in [-0.2, 0) is 20.9 Å². The molecule has 1 aromatic heterocycles. The summed E-state index contributed by atoms with van der Waals surface area (Å²) in [6, 6.07) is 0.194. The second kappa shape index (κ2) is 5.19. The van der Waals surface area contributed by atoms with E-state index in [1.54, 1.807) is 18.3 Å². The van der Waals surface area contributed by atoms with Gasteiger partial charge in [0, 0.05) is 24.8 Å². The fourth-order valence-corrected chi connectivity index (χ4v) is 3.50. The fraction of sp³-hybridized carbons (Fsp3) is 0.692. The van der Waals surface area contributed by atoms with E-state index in [-0.39, 0.29) is 18.1 Å². The van der Waals surface area contributed by atoms with Crippen LogP contribution in [0.5, 0.6) is 0 Å². The van der Waals surface area contributed by atoms with Crippen LogP contribution in [0.2, 0.25) is 0 Å². The van der Waals surface area contributed by atoms with Gasteiger partial charge in [0.05, 0.1) is 42.7 Å². The summed E-state index contributed by atoms with van der Waals surface area (Å²) in [6.07, 6.45) is 0.0680. The second-order valence-corrected chi connectivity index (χ2v) is 6.21. The molecule has 0 aliphatic carbocycles. The molecule has 3 atom stereocenters. The van der Waals surface area contributed by atoms with Crippen molar-refractivity contribution in [2.24, 2.45) is 5.92 Å². The first-order valence-corrected chi connectivity index (χ1v) is 7.40. The van der Waals surface area contributed by atoms with Crippen molar-refractivity contribution in [2.45, 2.75) is 32.6 Å². The lowest BCUT2D eigenvalue weighted by atomic mass is 10.0. The predicted octanol–water partition coefficient (Wildman–Crippen LogP) is 1.21. The monoisotopic (exact) mass is 282 g/mol. The summed E-state index contributed by atoms with van der Waals surface area (Å²) in [5, 5.41) is 3.08. The van der Waals surface area contributed by atoms with Gasteiger partial charge in [-0.2, -0.15) is 0 Å². The third-order valence-corrected chi connectivity index (χ3v) is 4.69. The minimum Gasteiger partial charge on any atom is -0.379 e. The number of thiazole rings is 1. The Morgan fingerprint density at radius 1 is 1.63 bits per heavy atom. The fourth-order valence-electron chi connectivity index (χ4n) is 2.91. The molecule has 6 heteroatoms. The molecule has 0 radical (unpaired) electrons. The van der Waals surface area contributed by atoms with Crippen LogP contribution in [0.1, 0.15) is 17.6 Å². The molecule has 0 N–H and O–H groups in total. The highest BCUT2D eigenvalue weighted by Gasteiger charge is 2.47. The molecule has 0 saturated carbocycles. The van der Waals surface area contributed by atoms with Gasteiger partial charge in [-0.1, -0.05) is 0 Å². The van der Waals surface area contributed by atoms with Crippen LogP contribution in [0.15, 0.2) is 5.38 Å². The molecule has 0 spiro atoms. The highest BCUT2D eigenvalue weighted by Crippen LogP contribution is 2.32. The SMILES string of the molecule is CC(=O)N1C[C@@H](OCc2csc(C)n2)[C@H]2COC[C@H]21. The van der Waals surface area contributed by atoms with Crippen LogP contribution >= 0.6 is 11.3 Å². The number of nitrogens with zero attached hydrogens (tertiary/aromatic N) is 2. The Labute approximate surface area is 116 Å². The van der Waals surface area contributed by atoms with Crippen LogP contribution < -0.4 is 0 Å². The number of likely N-dealkylation sites (tertiary alicyclic amines) is 1. The maximum absolute atomic E-state index is 11.6. The van der Waals surface area contributed by atoms with E-state index in [9.17, 15) is 4.79 Å². The average Bonchev–Trinajstić information content (AvgIpc) is 3.02. The highest BCUT2D eigenvalue weighted by atomic mass is 32.1. The number of rotatable bonds is 3. The van der Waals surface area contributed by atoms with Crippen molar-refractivity contribution >= 4 is 17.2 Å². The lowest BCUT2D eigenvalue weighted by Gasteiger charge is -2.20. The second-order valence-electron chi connectivity index (χ2n) is 5.15. The summed E-state index contributed by atoms with van der Waals surface area (Å²) in [5.74, 6) is 0.416. The van der Waals surface area contributed by atoms with Gasteiger partial charge in [-0.05, 0) is 6.92 Å². The van der Waals surface area contributed by atoms with E-state index in [0.29, 0.717) is 32.3 Å². The molecule has 2 aliphatic heterocycles. The molecule has 0 unspecified atom stereocenters. The first-order valence-electron chi connectivity index (χ1n) is 6.52. The van der Waals surface area contributed by atoms with Gasteiger partial charge in [-0.25, -0.2) is 4.98 Å². The van der Waals surface area contributed by atoms with E-state index < -0.39 is 0 Å². The number of amides is 1. The lowest BCUT2D eigenvalue weighted by molar-refractivity contribution is -0.130. The zero-order valence-corrected chi connectivity index (χ0v) is 12.0. The summed E-state index contributed by atoms with van der Waals surface area (Å²) in [6.45, 7) is 6.12. The largest absolute Gasteiger partial charge is 0.379 e. The molecule has 3 rings (SSSR count). The van der Waals surface area contributed by atoms with Gasteiger partial charge in [0.25, 0.3) is 0 Å². The topological polar surface area (TPSA) is 51.7 Å². The minimum absolute atomic E-state index is 0.0680. The van der Waals surface area contributed by atoms with Gasteiger partial charge in [-0.15, -0.1) is 11.3 Å². The number of carbonyl (C=O) groups is 1. The molecule has 1 aromatic rings. The smallest absolute Gasteiger partial charge is 0.219 e. The van der Waals surface area contributed by atoms with E-state index in [0.717, 1.165) is 10.7 Å². The minimum atomic E-state index is 0.0680. The standard InChI is InChI=1S/C13H18N2O3S/c1-8-14-10(7-19-8)4-18-13-3-15(9(2)16)12-6-17-5-11(12)13/h7,11-13H,3-6H2,1-2H3/t11-,12+,13+/m0/s1. The van der Waals surface area contributed by atoms with Crippen LogP contribution in [0.4, 0.5) is 0 Å². The van der Waals surface area contributed by atoms with E-state index in [2.05, 4.69) is 4.98 Å². The number of hydrogen-bond donors (Lipinski definition) is 0. The van der Waals surface area contributed by atoms with E-state index >= 15 is 0 Å². The molecular weight excluding hydrogens is 264 g/mol. The Hall–Kier alpha value is -0.980. The van der Waals surface area contributed by atoms with Gasteiger partial charge in [0.2, 0.25) is 5.91 Å². The zero-order valence-electron chi connectivity index (χ0n) is 11.2. The number of fused-ring (bicyclic) bond motifs is 1. The first kappa shape index (κ1) is 13.0. The molecule has 3 heterocycles. The summed E-state index contributed by atoms with van der Waals surface area (Å²) < 4.78 is 11.5. The van der Waals surface area contributed by atoms with Crippen molar-refractivity contribution in [3.8, 4) is 0 Å². The van der Waals surface area contributed by atoms with E-state index in [1.807, 2.05) is 17.2 Å². The molecule has 2 fully saturated rings. The Morgan fingerprint density at radius 2 is 2.47 bits per heavy atom. The van der Waals surface area contributed by atoms with Crippen LogP contribution in [0.3, 0.4) is 0 Å². The molecular formula is C13H18N2O3S. The molecule has 104 valence electrons. The van der Waals surface area contributed by atoms with Crippen molar-refractivity contribution in [1.82, 2.24) is 9.88 Å². The third kappa shape index (κ3) is 2.52. The number of hydrogen-bond acceptors (Lipinski definition) is 5. The molecule has 2 saturated heterocycles. The van der Waals surface area contributed by atoms with Crippen LogP contribution in [0, 0.1) is 12.8 Å². The van der Waals surface area contributed by atoms with Crippen molar-refractivity contribution in [3.05, 3.63) is 16.1 Å². The van der Waals surface area contributed by atoms with Crippen molar-refractivity contribution in [2.75, 3.05) is 19.8 Å². The van der Waals surface area contributed by atoms with Crippen molar-refractivity contribution in [1.29, 1.82) is 0 Å². The summed E-state index contributed by atoms with van der Waals surface area (Å²) in [5.41, 5.74) is 0.972. The summed E-state index contributed by atoms with van der Waals surface area (Å²) >= 11 is 1.63. The van der Waals surface area contributed by atoms with E-state index in [1.165, 1.54) is 0 Å². The molecule has 2 aliphatic rings. The highest BCUT2D eigenvalue weighted by molar-refractivity contribution is 7.09. The molecule has 5 nitrogen and oxygen atoms in total. The maximum atomic E-state index is 11.6. The Bertz CT molecular complexity index is 476. The summed E-state index contributed by atoms with van der Waals surface area (Å²) in [4.78, 5) is 17.9. The molecule has 0 bridgehead atoms. The Morgan fingerprint density at radius 3 is 3.16 bits per heavy atom. The van der Waals surface area contributed by atoms with Gasteiger partial charge in [-0.3, -0.25) is 4.79 Å². The lowest BCUT2D eigenvalue weighted by Crippen LogP contribution is -2.36. The number of ether oxygens (including phenoxy) is 2. The predicted molar refractivity (Wildman–Crippen MR) is 70.9 cm³/mol. The summed E-state index contributed by atoms with van der Waals surface area (Å²) in [7, 11) is 0. The van der Waals surface area contributed by atoms with Gasteiger partial charge < -0.3 is 14.4 Å². The average molecular weight is 282 g/mol. The maximum Gasteiger partial charge on any atom is 0.219 e. The zero-order chi connectivity index (χ0) is 13.4. The third-order valence-electron chi connectivity index (χ3n) is 3.86. The number of aryl methyl sites for hydroxylation is 1.